The molecule has 1 fully saturated rings. The fraction of sp³-hybridized carbons (Fsp3) is 0.444. The van der Waals surface area contributed by atoms with Gasteiger partial charge in [0.05, 0.1) is 12.7 Å². The van der Waals surface area contributed by atoms with Crippen LogP contribution in [0.15, 0.2) is 11.1 Å². The number of hydrogen-bond donors (Lipinski definition) is 3. The minimum atomic E-state index is -4.04. The average molecular weight is 287 g/mol. The van der Waals surface area contributed by atoms with Crippen molar-refractivity contribution in [3.8, 4) is 0 Å². The van der Waals surface area contributed by atoms with Crippen LogP contribution in [0.1, 0.15) is 13.3 Å². The van der Waals surface area contributed by atoms with E-state index in [-0.39, 0.29) is 17.1 Å². The molecule has 1 saturated heterocycles. The lowest BCUT2D eigenvalue weighted by atomic mass is 10.2. The molecule has 4 N–H and O–H groups in total. The molecule has 9 nitrogen and oxygen atoms in total. The van der Waals surface area contributed by atoms with Gasteiger partial charge in [-0.25, -0.2) is 8.42 Å². The Morgan fingerprint density at radius 2 is 2.21 bits per heavy atom. The first kappa shape index (κ1) is 13.5. The highest BCUT2D eigenvalue weighted by atomic mass is 32.2. The second-order valence-corrected chi connectivity index (χ2v) is 5.89. The molecule has 1 aromatic rings. The third-order valence-corrected chi connectivity index (χ3v) is 4.70. The van der Waals surface area contributed by atoms with Crippen LogP contribution < -0.4 is 11.1 Å². The first-order valence-corrected chi connectivity index (χ1v) is 6.96. The number of anilines is 1. The number of nitrogens with two attached hydrogens (primary N) is 1. The number of aromatic nitrogens is 2. The van der Waals surface area contributed by atoms with E-state index in [1.807, 2.05) is 0 Å². The molecule has 1 atom stereocenters. The zero-order valence-corrected chi connectivity index (χ0v) is 10.9. The molecule has 0 spiro atoms. The lowest BCUT2D eigenvalue weighted by molar-refractivity contribution is -0.137. The molecule has 1 aliphatic rings. The molecule has 0 aromatic carbocycles. The van der Waals surface area contributed by atoms with Gasteiger partial charge >= 0.3 is 0 Å². The second-order valence-electron chi connectivity index (χ2n) is 4.03. The molecule has 19 heavy (non-hydrogen) atoms. The van der Waals surface area contributed by atoms with Crippen molar-refractivity contribution < 1.29 is 18.0 Å². The van der Waals surface area contributed by atoms with Crippen molar-refractivity contribution in [1.82, 2.24) is 19.8 Å². The maximum atomic E-state index is 12.4. The SMILES string of the molecule is CCC1C(=O)NC(=O)CN1S(=O)(=O)c1cn[nH]c1N. The van der Waals surface area contributed by atoms with Gasteiger partial charge in [0.15, 0.2) is 0 Å². The lowest BCUT2D eigenvalue weighted by Crippen LogP contribution is -2.59. The molecular formula is C9H13N5O4S. The number of nitrogens with zero attached hydrogens (tertiary/aromatic N) is 2. The molecule has 2 rings (SSSR count). The summed E-state index contributed by atoms with van der Waals surface area (Å²) < 4.78 is 25.6. The largest absolute Gasteiger partial charge is 0.383 e. The van der Waals surface area contributed by atoms with Crippen LogP contribution in [0.3, 0.4) is 0 Å². The van der Waals surface area contributed by atoms with E-state index in [9.17, 15) is 18.0 Å². The van der Waals surface area contributed by atoms with E-state index in [1.165, 1.54) is 0 Å². The summed E-state index contributed by atoms with van der Waals surface area (Å²) in [5.41, 5.74) is 5.48. The van der Waals surface area contributed by atoms with Gasteiger partial charge in [-0.1, -0.05) is 6.92 Å². The topological polar surface area (TPSA) is 138 Å². The Morgan fingerprint density at radius 1 is 1.53 bits per heavy atom. The third-order valence-electron chi connectivity index (χ3n) is 2.82. The summed E-state index contributed by atoms with van der Waals surface area (Å²) in [6.07, 6.45) is 1.30. The molecule has 0 aliphatic carbocycles. The minimum absolute atomic E-state index is 0.131. The Balaban J connectivity index is 2.46. The van der Waals surface area contributed by atoms with Crippen LogP contribution in [-0.2, 0) is 19.6 Å². The number of rotatable bonds is 3. The van der Waals surface area contributed by atoms with Crippen LogP contribution in [-0.4, -0.2) is 47.3 Å². The Bertz CT molecular complexity index is 622. The minimum Gasteiger partial charge on any atom is -0.383 e. The van der Waals surface area contributed by atoms with E-state index in [1.54, 1.807) is 6.92 Å². The summed E-state index contributed by atoms with van der Waals surface area (Å²) in [4.78, 5) is 22.8. The molecule has 1 unspecified atom stereocenters. The Hall–Kier alpha value is -1.94. The average Bonchev–Trinajstić information content (AvgIpc) is 2.75. The van der Waals surface area contributed by atoms with Crippen molar-refractivity contribution in [2.75, 3.05) is 12.3 Å². The molecule has 2 heterocycles. The van der Waals surface area contributed by atoms with Crippen molar-refractivity contribution in [2.45, 2.75) is 24.3 Å². The number of piperazine rings is 1. The summed E-state index contributed by atoms with van der Waals surface area (Å²) in [7, 11) is -4.04. The van der Waals surface area contributed by atoms with Gasteiger partial charge in [-0.05, 0) is 6.42 Å². The summed E-state index contributed by atoms with van der Waals surface area (Å²) in [6.45, 7) is 1.23. The van der Waals surface area contributed by atoms with Crippen molar-refractivity contribution in [2.24, 2.45) is 0 Å². The highest BCUT2D eigenvalue weighted by Crippen LogP contribution is 2.24. The molecule has 1 aromatic heterocycles. The van der Waals surface area contributed by atoms with Crippen molar-refractivity contribution >= 4 is 27.7 Å². The quantitative estimate of drug-likeness (QED) is 0.573. The standard InChI is InChI=1S/C9H13N5O4S/c1-2-5-9(16)12-7(15)4-14(5)19(17,18)6-3-11-13-8(6)10/h3,5H,2,4H2,1H3,(H3,10,11,13)(H,12,15,16). The predicted octanol–water partition coefficient (Wildman–Crippen LogP) is -1.58. The van der Waals surface area contributed by atoms with Gasteiger partial charge in [0.1, 0.15) is 16.8 Å². The number of carbonyl (C=O) groups is 2. The summed E-state index contributed by atoms with van der Waals surface area (Å²) in [5.74, 6) is -1.43. The van der Waals surface area contributed by atoms with E-state index in [0.29, 0.717) is 0 Å². The molecule has 2 amide bonds. The number of sulfonamides is 1. The number of aromatic amines is 1. The molecular weight excluding hydrogens is 274 g/mol. The van der Waals surface area contributed by atoms with Gasteiger partial charge in [-0.3, -0.25) is 20.0 Å². The molecule has 0 bridgehead atoms. The third kappa shape index (κ3) is 2.19. The Labute approximate surface area is 109 Å². The number of carbonyl (C=O) groups excluding carboxylic acids is 2. The highest BCUT2D eigenvalue weighted by Gasteiger charge is 2.41. The molecule has 104 valence electrons. The van der Waals surface area contributed by atoms with Crippen molar-refractivity contribution in [3.63, 3.8) is 0 Å². The van der Waals surface area contributed by atoms with Crippen molar-refractivity contribution in [3.05, 3.63) is 6.20 Å². The fourth-order valence-corrected chi connectivity index (χ4v) is 3.53. The summed E-state index contributed by atoms with van der Waals surface area (Å²) >= 11 is 0. The fourth-order valence-electron chi connectivity index (χ4n) is 1.90. The Kier molecular flexibility index (Phi) is 3.28. The van der Waals surface area contributed by atoms with Crippen LogP contribution in [0.2, 0.25) is 0 Å². The van der Waals surface area contributed by atoms with E-state index >= 15 is 0 Å². The number of hydrogen-bond acceptors (Lipinski definition) is 6. The zero-order valence-electron chi connectivity index (χ0n) is 10.1. The highest BCUT2D eigenvalue weighted by molar-refractivity contribution is 7.89. The molecule has 1 aliphatic heterocycles. The van der Waals surface area contributed by atoms with Crippen LogP contribution in [0.4, 0.5) is 5.82 Å². The smallest absolute Gasteiger partial charge is 0.249 e. The zero-order chi connectivity index (χ0) is 14.2. The van der Waals surface area contributed by atoms with Crippen LogP contribution in [0, 0.1) is 0 Å². The second kappa shape index (κ2) is 4.63. The monoisotopic (exact) mass is 287 g/mol. The van der Waals surface area contributed by atoms with Crippen LogP contribution in [0.5, 0.6) is 0 Å². The predicted molar refractivity (Wildman–Crippen MR) is 64.1 cm³/mol. The van der Waals surface area contributed by atoms with E-state index in [0.717, 1.165) is 10.5 Å². The maximum absolute atomic E-state index is 12.4. The van der Waals surface area contributed by atoms with E-state index in [2.05, 4.69) is 15.5 Å². The number of H-pyrrole nitrogens is 1. The molecule has 0 saturated carbocycles. The van der Waals surface area contributed by atoms with Gasteiger partial charge in [0, 0.05) is 0 Å². The van der Waals surface area contributed by atoms with Gasteiger partial charge < -0.3 is 5.73 Å². The van der Waals surface area contributed by atoms with Crippen LogP contribution in [0.25, 0.3) is 0 Å². The number of nitrogen functional groups attached to an aromatic ring is 1. The molecule has 0 radical (unpaired) electrons. The van der Waals surface area contributed by atoms with E-state index < -0.39 is 34.4 Å². The van der Waals surface area contributed by atoms with Gasteiger partial charge in [0.25, 0.3) is 0 Å². The number of imide groups is 1. The van der Waals surface area contributed by atoms with Crippen LogP contribution >= 0.6 is 0 Å². The van der Waals surface area contributed by atoms with Gasteiger partial charge in [-0.2, -0.15) is 9.40 Å². The van der Waals surface area contributed by atoms with E-state index in [4.69, 9.17) is 5.73 Å². The summed E-state index contributed by atoms with van der Waals surface area (Å²) in [5, 5.41) is 7.94. The number of nitrogens with one attached hydrogen (secondary N) is 2. The number of amides is 2. The Morgan fingerprint density at radius 3 is 2.74 bits per heavy atom. The molecule has 10 heteroatoms. The maximum Gasteiger partial charge on any atom is 0.249 e. The van der Waals surface area contributed by atoms with Gasteiger partial charge in [-0.15, -0.1) is 0 Å². The summed E-state index contributed by atoms with van der Waals surface area (Å²) in [6, 6.07) is -0.933. The first-order chi connectivity index (χ1) is 8.87. The van der Waals surface area contributed by atoms with Gasteiger partial charge in [0.2, 0.25) is 21.8 Å². The first-order valence-electron chi connectivity index (χ1n) is 5.52. The lowest BCUT2D eigenvalue weighted by Gasteiger charge is -2.31. The normalized spacial score (nSPS) is 21.4. The van der Waals surface area contributed by atoms with Crippen molar-refractivity contribution in [1.29, 1.82) is 0 Å².